The topological polar surface area (TPSA) is 74.6 Å². The Morgan fingerprint density at radius 1 is 1.13 bits per heavy atom. The van der Waals surface area contributed by atoms with Crippen molar-refractivity contribution < 1.29 is 18.7 Å². The van der Waals surface area contributed by atoms with Crippen LogP contribution in [0.25, 0.3) is 10.9 Å². The van der Waals surface area contributed by atoms with Gasteiger partial charge in [-0.05, 0) is 31.0 Å². The first-order chi connectivity index (χ1) is 14.4. The van der Waals surface area contributed by atoms with Gasteiger partial charge in [0.15, 0.2) is 5.82 Å². The molecule has 0 amide bonds. The largest absolute Gasteiger partial charge is 0.477 e. The van der Waals surface area contributed by atoms with Gasteiger partial charge in [-0.1, -0.05) is 18.2 Å². The zero-order valence-electron chi connectivity index (χ0n) is 15.9. The molecule has 1 aliphatic heterocycles. The van der Waals surface area contributed by atoms with Gasteiger partial charge in [0, 0.05) is 31.0 Å². The SMILES string of the molecule is O=C(O)c1cn(C2CC2)c2c(F)c(N3CC(Nc4ccccc4)C3)c(F)cc2c1=O. The number of hydrogen-bond acceptors (Lipinski definition) is 4. The molecule has 154 valence electrons. The summed E-state index contributed by atoms with van der Waals surface area (Å²) < 4.78 is 31.9. The molecule has 1 saturated heterocycles. The minimum absolute atomic E-state index is 0.0247. The van der Waals surface area contributed by atoms with E-state index in [0.717, 1.165) is 24.6 Å². The van der Waals surface area contributed by atoms with E-state index in [-0.39, 0.29) is 28.7 Å². The smallest absolute Gasteiger partial charge is 0.341 e. The summed E-state index contributed by atoms with van der Waals surface area (Å²) in [4.78, 5) is 25.6. The van der Waals surface area contributed by atoms with Crippen molar-refractivity contribution in [2.75, 3.05) is 23.3 Å². The monoisotopic (exact) mass is 411 g/mol. The molecule has 0 bridgehead atoms. The number of nitrogens with zero attached hydrogens (tertiary/aromatic N) is 2. The van der Waals surface area contributed by atoms with E-state index < -0.39 is 28.6 Å². The molecule has 2 aliphatic rings. The number of carboxylic acids is 1. The first-order valence-corrected chi connectivity index (χ1v) is 9.80. The highest BCUT2D eigenvalue weighted by atomic mass is 19.1. The number of anilines is 2. The van der Waals surface area contributed by atoms with Gasteiger partial charge in [-0.2, -0.15) is 0 Å². The number of aromatic carboxylic acids is 1. The fraction of sp³-hybridized carbons (Fsp3) is 0.273. The van der Waals surface area contributed by atoms with E-state index in [9.17, 15) is 19.1 Å². The summed E-state index contributed by atoms with van der Waals surface area (Å²) in [6.45, 7) is 0.824. The Balaban J connectivity index is 1.53. The molecule has 0 atom stereocenters. The van der Waals surface area contributed by atoms with Crippen LogP contribution in [0.4, 0.5) is 20.2 Å². The number of rotatable bonds is 5. The Labute approximate surface area is 170 Å². The Bertz CT molecular complexity index is 1220. The van der Waals surface area contributed by atoms with E-state index in [1.165, 1.54) is 10.8 Å². The van der Waals surface area contributed by atoms with Crippen LogP contribution in [0.3, 0.4) is 0 Å². The Morgan fingerprint density at radius 3 is 2.47 bits per heavy atom. The number of aromatic nitrogens is 1. The maximum Gasteiger partial charge on any atom is 0.341 e. The minimum atomic E-state index is -1.40. The van der Waals surface area contributed by atoms with Crippen LogP contribution in [0, 0.1) is 11.6 Å². The van der Waals surface area contributed by atoms with Gasteiger partial charge in [0.1, 0.15) is 17.1 Å². The van der Waals surface area contributed by atoms with Crippen molar-refractivity contribution in [2.45, 2.75) is 24.9 Å². The predicted molar refractivity (Wildman–Crippen MR) is 109 cm³/mol. The normalized spacial score (nSPS) is 16.5. The highest BCUT2D eigenvalue weighted by Gasteiger charge is 2.34. The number of pyridine rings is 1. The van der Waals surface area contributed by atoms with Crippen LogP contribution in [-0.4, -0.2) is 34.8 Å². The summed E-state index contributed by atoms with van der Waals surface area (Å²) in [7, 11) is 0. The summed E-state index contributed by atoms with van der Waals surface area (Å²) in [5.74, 6) is -3.08. The summed E-state index contributed by atoms with van der Waals surface area (Å²) in [6, 6.07) is 10.5. The highest BCUT2D eigenvalue weighted by Crippen LogP contribution is 2.40. The second-order valence-electron chi connectivity index (χ2n) is 7.84. The molecule has 0 unspecified atom stereocenters. The lowest BCUT2D eigenvalue weighted by Crippen LogP contribution is -2.55. The molecular weight excluding hydrogens is 392 g/mol. The van der Waals surface area contributed by atoms with E-state index in [0.29, 0.717) is 13.1 Å². The molecule has 3 aromatic rings. The maximum absolute atomic E-state index is 15.5. The molecule has 2 N–H and O–H groups in total. The number of benzene rings is 2. The van der Waals surface area contributed by atoms with Crippen LogP contribution in [0.15, 0.2) is 47.4 Å². The second-order valence-corrected chi connectivity index (χ2v) is 7.84. The third-order valence-corrected chi connectivity index (χ3v) is 5.70. The number of hydrogen-bond donors (Lipinski definition) is 2. The Morgan fingerprint density at radius 2 is 1.83 bits per heavy atom. The van der Waals surface area contributed by atoms with Crippen LogP contribution in [0.1, 0.15) is 29.2 Å². The van der Waals surface area contributed by atoms with Gasteiger partial charge in [0.05, 0.1) is 16.9 Å². The van der Waals surface area contributed by atoms with E-state index >= 15 is 4.39 Å². The van der Waals surface area contributed by atoms with Crippen molar-refractivity contribution in [3.63, 3.8) is 0 Å². The molecule has 0 radical (unpaired) electrons. The second kappa shape index (κ2) is 6.83. The van der Waals surface area contributed by atoms with Crippen molar-refractivity contribution in [2.24, 2.45) is 0 Å². The first kappa shape index (κ1) is 18.6. The number of para-hydroxylation sites is 1. The molecule has 1 saturated carbocycles. The summed E-state index contributed by atoms with van der Waals surface area (Å²) in [6.07, 6.45) is 2.71. The van der Waals surface area contributed by atoms with Crippen molar-refractivity contribution in [1.82, 2.24) is 4.57 Å². The Hall–Kier alpha value is -3.42. The molecule has 5 rings (SSSR count). The fourth-order valence-electron chi connectivity index (χ4n) is 4.04. The van der Waals surface area contributed by atoms with Gasteiger partial charge in [0.25, 0.3) is 0 Å². The van der Waals surface area contributed by atoms with E-state index in [2.05, 4.69) is 5.32 Å². The molecule has 6 nitrogen and oxygen atoms in total. The van der Waals surface area contributed by atoms with E-state index in [1.54, 1.807) is 4.90 Å². The standard InChI is InChI=1S/C22H19F2N3O3/c23-17-8-15-19(27(14-6-7-14)11-16(21(15)28)22(29)30)18(24)20(17)26-9-13(10-26)25-12-4-2-1-3-5-12/h1-5,8,11,13-14,25H,6-7,9-10H2,(H,29,30). The van der Waals surface area contributed by atoms with Gasteiger partial charge in [0.2, 0.25) is 5.43 Å². The van der Waals surface area contributed by atoms with Crippen LogP contribution >= 0.6 is 0 Å². The molecule has 2 aromatic carbocycles. The molecule has 1 aliphatic carbocycles. The third-order valence-electron chi connectivity index (χ3n) is 5.70. The maximum atomic E-state index is 15.5. The first-order valence-electron chi connectivity index (χ1n) is 9.80. The number of carbonyl (C=O) groups is 1. The summed E-state index contributed by atoms with van der Waals surface area (Å²) in [5.41, 5.74) is -0.609. The molecule has 2 fully saturated rings. The highest BCUT2D eigenvalue weighted by molar-refractivity contribution is 5.94. The molecule has 30 heavy (non-hydrogen) atoms. The summed E-state index contributed by atoms with van der Waals surface area (Å²) in [5, 5.41) is 12.4. The molecule has 0 spiro atoms. The lowest BCUT2D eigenvalue weighted by Gasteiger charge is -2.42. The number of fused-ring (bicyclic) bond motifs is 1. The van der Waals surface area contributed by atoms with Crippen LogP contribution < -0.4 is 15.6 Å². The van der Waals surface area contributed by atoms with Gasteiger partial charge in [-0.3, -0.25) is 4.79 Å². The summed E-state index contributed by atoms with van der Waals surface area (Å²) >= 11 is 0. The number of halogens is 2. The average Bonchev–Trinajstić information content (AvgIpc) is 3.52. The van der Waals surface area contributed by atoms with Crippen LogP contribution in [0.5, 0.6) is 0 Å². The van der Waals surface area contributed by atoms with Gasteiger partial charge in [-0.25, -0.2) is 13.6 Å². The van der Waals surface area contributed by atoms with Gasteiger partial charge < -0.3 is 19.9 Å². The molecule has 2 heterocycles. The predicted octanol–water partition coefficient (Wildman–Crippen LogP) is 3.61. The lowest BCUT2D eigenvalue weighted by atomic mass is 10.0. The lowest BCUT2D eigenvalue weighted by molar-refractivity contribution is 0.0695. The third kappa shape index (κ3) is 2.99. The molecular formula is C22H19F2N3O3. The quantitative estimate of drug-likeness (QED) is 0.671. The van der Waals surface area contributed by atoms with Crippen molar-refractivity contribution in [3.8, 4) is 0 Å². The fourth-order valence-corrected chi connectivity index (χ4v) is 4.04. The zero-order chi connectivity index (χ0) is 21.0. The van der Waals surface area contributed by atoms with Crippen LogP contribution in [0.2, 0.25) is 0 Å². The van der Waals surface area contributed by atoms with Crippen LogP contribution in [-0.2, 0) is 0 Å². The average molecular weight is 411 g/mol. The number of nitrogens with one attached hydrogen (secondary N) is 1. The van der Waals surface area contributed by atoms with E-state index in [4.69, 9.17) is 0 Å². The van der Waals surface area contributed by atoms with E-state index in [1.807, 2.05) is 30.3 Å². The zero-order valence-corrected chi connectivity index (χ0v) is 15.9. The molecule has 8 heteroatoms. The van der Waals surface area contributed by atoms with Crippen molar-refractivity contribution in [1.29, 1.82) is 0 Å². The van der Waals surface area contributed by atoms with Crippen molar-refractivity contribution in [3.05, 3.63) is 70.0 Å². The van der Waals surface area contributed by atoms with Gasteiger partial charge in [-0.15, -0.1) is 0 Å². The van der Waals surface area contributed by atoms with Gasteiger partial charge >= 0.3 is 5.97 Å². The molecule has 1 aromatic heterocycles. The minimum Gasteiger partial charge on any atom is -0.477 e. The Kier molecular flexibility index (Phi) is 4.23. The number of carboxylic acid groups (broad SMARTS) is 1. The van der Waals surface area contributed by atoms with Crippen molar-refractivity contribution >= 4 is 28.2 Å².